The highest BCUT2D eigenvalue weighted by Gasteiger charge is 2.52. The van der Waals surface area contributed by atoms with Gasteiger partial charge < -0.3 is 18.9 Å². The first-order chi connectivity index (χ1) is 16.3. The zero-order valence-corrected chi connectivity index (χ0v) is 22.1. The maximum Gasteiger partial charge on any atom is 0.573 e. The molecule has 1 aromatic carbocycles. The number of rotatable bonds is 13. The summed E-state index contributed by atoms with van der Waals surface area (Å²) in [5, 5.41) is 0. The zero-order valence-electron chi connectivity index (χ0n) is 22.1. The highest BCUT2D eigenvalue weighted by atomic mass is 19.4. The third-order valence-electron chi connectivity index (χ3n) is 6.84. The van der Waals surface area contributed by atoms with E-state index < -0.39 is 36.3 Å². The maximum atomic E-state index is 13.6. The first-order valence-corrected chi connectivity index (χ1v) is 12.9. The monoisotopic (exact) mass is 499 g/mol. The van der Waals surface area contributed by atoms with E-state index in [1.807, 2.05) is 27.7 Å². The van der Waals surface area contributed by atoms with E-state index in [4.69, 9.17) is 9.31 Å². The third-order valence-corrected chi connectivity index (χ3v) is 6.84. The van der Waals surface area contributed by atoms with Gasteiger partial charge >= 0.3 is 13.5 Å². The van der Waals surface area contributed by atoms with Crippen LogP contribution in [0.2, 0.25) is 0 Å². The van der Waals surface area contributed by atoms with Crippen LogP contribution in [0.25, 0.3) is 0 Å². The van der Waals surface area contributed by atoms with Crippen LogP contribution in [-0.4, -0.2) is 48.6 Å². The lowest BCUT2D eigenvalue weighted by atomic mass is 9.78. The van der Waals surface area contributed by atoms with Crippen molar-refractivity contribution in [3.05, 3.63) is 23.8 Å². The number of carbonyl (C=O) groups excluding carboxylic acids is 1. The van der Waals surface area contributed by atoms with E-state index in [2.05, 4.69) is 18.6 Å². The van der Waals surface area contributed by atoms with Crippen LogP contribution in [-0.2, 0) is 9.31 Å². The summed E-state index contributed by atoms with van der Waals surface area (Å²) in [5.41, 5.74) is -0.875. The lowest BCUT2D eigenvalue weighted by Gasteiger charge is -2.32. The van der Waals surface area contributed by atoms with Gasteiger partial charge in [0.25, 0.3) is 5.91 Å². The first kappa shape index (κ1) is 29.5. The molecule has 0 unspecified atom stereocenters. The molecular weight excluding hydrogens is 458 g/mol. The molecular formula is C26H41BF3NO4. The first-order valence-electron chi connectivity index (χ1n) is 12.9. The van der Waals surface area contributed by atoms with Gasteiger partial charge in [-0.1, -0.05) is 58.4 Å². The molecule has 0 spiro atoms. The van der Waals surface area contributed by atoms with Gasteiger partial charge in [-0.25, -0.2) is 0 Å². The molecule has 0 N–H and O–H groups in total. The van der Waals surface area contributed by atoms with E-state index in [1.54, 1.807) is 4.90 Å². The standard InChI is InChI=1S/C26H41BF3NO4/c1-7-9-11-13-17-31(18-14-12-10-8-2)23(32)21-19-20(15-16-22(21)33-26(28,29)30)27-34-24(3,4)25(5,6)35-27/h15-16,19H,7-14,17-18H2,1-6H3. The Bertz CT molecular complexity index is 801. The van der Waals surface area contributed by atoms with Crippen LogP contribution in [0.15, 0.2) is 18.2 Å². The summed E-state index contributed by atoms with van der Waals surface area (Å²) in [6.45, 7) is 12.8. The average Bonchev–Trinajstić information content (AvgIpc) is 2.98. The molecule has 0 atom stereocenters. The molecule has 1 saturated heterocycles. The number of carbonyl (C=O) groups is 1. The fourth-order valence-corrected chi connectivity index (χ4v) is 4.00. The molecule has 0 aromatic heterocycles. The van der Waals surface area contributed by atoms with Crippen LogP contribution in [0, 0.1) is 0 Å². The summed E-state index contributed by atoms with van der Waals surface area (Å²) < 4.78 is 55.9. The van der Waals surface area contributed by atoms with Crippen molar-refractivity contribution in [3.8, 4) is 5.75 Å². The van der Waals surface area contributed by atoms with Crippen molar-refractivity contribution in [1.29, 1.82) is 0 Å². The lowest BCUT2D eigenvalue weighted by Crippen LogP contribution is -2.41. The Labute approximate surface area is 208 Å². The topological polar surface area (TPSA) is 48.0 Å². The summed E-state index contributed by atoms with van der Waals surface area (Å²) in [6.07, 6.45) is 2.86. The summed E-state index contributed by atoms with van der Waals surface area (Å²) in [5.74, 6) is -0.967. The van der Waals surface area contributed by atoms with Gasteiger partial charge in [0.1, 0.15) is 5.75 Å². The highest BCUT2D eigenvalue weighted by molar-refractivity contribution is 6.62. The Morgan fingerprint density at radius 3 is 1.89 bits per heavy atom. The molecule has 1 amide bonds. The van der Waals surface area contributed by atoms with Gasteiger partial charge in [-0.15, -0.1) is 13.2 Å². The van der Waals surface area contributed by atoms with Crippen molar-refractivity contribution >= 4 is 18.5 Å². The predicted molar refractivity (Wildman–Crippen MR) is 133 cm³/mol. The minimum Gasteiger partial charge on any atom is -0.405 e. The Morgan fingerprint density at radius 2 is 1.43 bits per heavy atom. The fourth-order valence-electron chi connectivity index (χ4n) is 4.00. The molecule has 5 nitrogen and oxygen atoms in total. The van der Waals surface area contributed by atoms with E-state index in [0.29, 0.717) is 18.6 Å². The van der Waals surface area contributed by atoms with Crippen molar-refractivity contribution in [2.45, 2.75) is 110 Å². The van der Waals surface area contributed by atoms with E-state index >= 15 is 0 Å². The molecule has 1 heterocycles. The van der Waals surface area contributed by atoms with E-state index in [-0.39, 0.29) is 5.56 Å². The predicted octanol–water partition coefficient (Wildman–Crippen LogP) is 6.49. The van der Waals surface area contributed by atoms with Crippen LogP contribution >= 0.6 is 0 Å². The summed E-state index contributed by atoms with van der Waals surface area (Å²) in [6, 6.07) is 4.08. The smallest absolute Gasteiger partial charge is 0.405 e. The van der Waals surface area contributed by atoms with Crippen molar-refractivity contribution in [1.82, 2.24) is 4.90 Å². The molecule has 1 aromatic rings. The Kier molecular flexibility index (Phi) is 10.5. The van der Waals surface area contributed by atoms with Gasteiger partial charge in [0.05, 0.1) is 16.8 Å². The molecule has 1 aliphatic heterocycles. The number of hydrogen-bond donors (Lipinski definition) is 0. The fraction of sp³-hybridized carbons (Fsp3) is 0.731. The average molecular weight is 499 g/mol. The second-order valence-corrected chi connectivity index (χ2v) is 10.3. The van der Waals surface area contributed by atoms with Gasteiger partial charge in [0.15, 0.2) is 0 Å². The SMILES string of the molecule is CCCCCCN(CCCCCC)C(=O)c1cc(B2OC(C)(C)C(C)(C)O2)ccc1OC(F)(F)F. The number of amides is 1. The second kappa shape index (κ2) is 12.5. The van der Waals surface area contributed by atoms with Crippen LogP contribution in [0.3, 0.4) is 0 Å². The molecule has 1 fully saturated rings. The molecule has 0 radical (unpaired) electrons. The van der Waals surface area contributed by atoms with Crippen molar-refractivity contribution in [2.75, 3.05) is 13.1 Å². The van der Waals surface area contributed by atoms with Crippen LogP contribution < -0.4 is 10.2 Å². The van der Waals surface area contributed by atoms with Gasteiger partial charge in [-0.2, -0.15) is 0 Å². The third kappa shape index (κ3) is 8.41. The van der Waals surface area contributed by atoms with Gasteiger partial charge in [-0.05, 0) is 58.1 Å². The molecule has 198 valence electrons. The van der Waals surface area contributed by atoms with Crippen molar-refractivity contribution in [2.24, 2.45) is 0 Å². The van der Waals surface area contributed by atoms with E-state index in [9.17, 15) is 18.0 Å². The molecule has 2 rings (SSSR count). The van der Waals surface area contributed by atoms with Crippen LogP contribution in [0.1, 0.15) is 103 Å². The molecule has 0 saturated carbocycles. The number of nitrogens with zero attached hydrogens (tertiary/aromatic N) is 1. The minimum absolute atomic E-state index is 0.125. The van der Waals surface area contributed by atoms with E-state index in [1.165, 1.54) is 18.2 Å². The summed E-state index contributed by atoms with van der Waals surface area (Å²) in [7, 11) is -0.797. The van der Waals surface area contributed by atoms with Gasteiger partial charge in [0.2, 0.25) is 0 Å². The van der Waals surface area contributed by atoms with Gasteiger partial charge in [-0.3, -0.25) is 4.79 Å². The number of benzene rings is 1. The van der Waals surface area contributed by atoms with E-state index in [0.717, 1.165) is 51.4 Å². The molecule has 0 aliphatic carbocycles. The van der Waals surface area contributed by atoms with Crippen molar-refractivity contribution in [3.63, 3.8) is 0 Å². The Morgan fingerprint density at radius 1 is 0.914 bits per heavy atom. The number of halogens is 3. The number of ether oxygens (including phenoxy) is 1. The van der Waals surface area contributed by atoms with Gasteiger partial charge in [0, 0.05) is 13.1 Å². The normalized spacial score (nSPS) is 17.0. The number of unbranched alkanes of at least 4 members (excludes halogenated alkanes) is 6. The molecule has 1 aliphatic rings. The molecule has 9 heteroatoms. The Balaban J connectivity index is 2.36. The number of hydrogen-bond acceptors (Lipinski definition) is 4. The van der Waals surface area contributed by atoms with Crippen LogP contribution in [0.5, 0.6) is 5.75 Å². The summed E-state index contributed by atoms with van der Waals surface area (Å²) >= 11 is 0. The summed E-state index contributed by atoms with van der Waals surface area (Å²) in [4.78, 5) is 15.3. The maximum absolute atomic E-state index is 13.6. The lowest BCUT2D eigenvalue weighted by molar-refractivity contribution is -0.274. The van der Waals surface area contributed by atoms with Crippen LogP contribution in [0.4, 0.5) is 13.2 Å². The molecule has 0 bridgehead atoms. The minimum atomic E-state index is -4.91. The quantitative estimate of drug-likeness (QED) is 0.230. The largest absolute Gasteiger partial charge is 0.573 e. The Hall–Kier alpha value is -1.74. The molecule has 35 heavy (non-hydrogen) atoms. The highest BCUT2D eigenvalue weighted by Crippen LogP contribution is 2.37. The second-order valence-electron chi connectivity index (χ2n) is 10.3. The van der Waals surface area contributed by atoms with Crippen molar-refractivity contribution < 1.29 is 32.0 Å². The number of alkyl halides is 3. The zero-order chi connectivity index (χ0) is 26.3.